The topological polar surface area (TPSA) is 80.0 Å². The van der Waals surface area contributed by atoms with Crippen molar-refractivity contribution >= 4 is 5.91 Å². The minimum absolute atomic E-state index is 0.0248. The molecule has 152 valence electrons. The van der Waals surface area contributed by atoms with Crippen LogP contribution in [0, 0.1) is 19.8 Å². The summed E-state index contributed by atoms with van der Waals surface area (Å²) in [4.78, 5) is 15.2. The van der Waals surface area contributed by atoms with E-state index in [-0.39, 0.29) is 11.9 Å². The normalized spacial score (nSPS) is 20.8. The van der Waals surface area contributed by atoms with Gasteiger partial charge in [-0.25, -0.2) is 0 Å². The summed E-state index contributed by atoms with van der Waals surface area (Å²) in [7, 11) is 1.92. The van der Waals surface area contributed by atoms with Gasteiger partial charge in [-0.1, -0.05) is 6.92 Å². The fourth-order valence-electron chi connectivity index (χ4n) is 4.18. The molecule has 0 aromatic carbocycles. The van der Waals surface area contributed by atoms with Crippen LogP contribution in [0.3, 0.4) is 0 Å². The third kappa shape index (κ3) is 3.28. The average molecular weight is 393 g/mol. The number of aryl methyl sites for hydroxylation is 2. The number of aromatic amines is 1. The second kappa shape index (κ2) is 6.61. The first kappa shape index (κ1) is 18.2. The standard InChI is InChI=1S/C22H27N5O2/c1-12-9-17(12)20-8-7-16(29-20)11-27(15-5-6-15)22(28)19-10-18(23-24-19)21-13(2)25-26(4)14(21)3/h7-8,10,12,15,17H,5-6,9,11H2,1-4H3,(H,23,24). The number of carbonyl (C=O) groups is 1. The third-order valence-electron chi connectivity index (χ3n) is 6.31. The molecule has 0 aliphatic heterocycles. The van der Waals surface area contributed by atoms with Gasteiger partial charge in [-0.05, 0) is 57.2 Å². The summed E-state index contributed by atoms with van der Waals surface area (Å²) in [6.45, 7) is 6.72. The van der Waals surface area contributed by atoms with Gasteiger partial charge in [0.2, 0.25) is 0 Å². The van der Waals surface area contributed by atoms with Gasteiger partial charge in [-0.3, -0.25) is 14.6 Å². The van der Waals surface area contributed by atoms with Gasteiger partial charge < -0.3 is 9.32 Å². The first-order valence-corrected chi connectivity index (χ1v) is 10.4. The Bertz CT molecular complexity index is 1070. The molecule has 2 aliphatic carbocycles. The number of hydrogen-bond acceptors (Lipinski definition) is 4. The van der Waals surface area contributed by atoms with Crippen molar-refractivity contribution in [2.75, 3.05) is 0 Å². The Labute approximate surface area is 170 Å². The highest BCUT2D eigenvalue weighted by Crippen LogP contribution is 2.47. The fraction of sp³-hybridized carbons (Fsp3) is 0.500. The molecule has 2 atom stereocenters. The van der Waals surface area contributed by atoms with Gasteiger partial charge in [0, 0.05) is 30.3 Å². The molecule has 2 fully saturated rings. The molecule has 0 saturated heterocycles. The lowest BCUT2D eigenvalue weighted by Gasteiger charge is -2.20. The maximum Gasteiger partial charge on any atom is 0.272 e. The molecular formula is C22H27N5O2. The number of hydrogen-bond donors (Lipinski definition) is 1. The van der Waals surface area contributed by atoms with E-state index in [2.05, 4.69) is 28.3 Å². The number of aromatic nitrogens is 4. The van der Waals surface area contributed by atoms with Crippen molar-refractivity contribution in [2.24, 2.45) is 13.0 Å². The van der Waals surface area contributed by atoms with E-state index in [1.165, 1.54) is 6.42 Å². The van der Waals surface area contributed by atoms with Crippen molar-refractivity contribution in [1.29, 1.82) is 0 Å². The number of amides is 1. The number of carbonyl (C=O) groups excluding carboxylic acids is 1. The van der Waals surface area contributed by atoms with E-state index < -0.39 is 0 Å². The van der Waals surface area contributed by atoms with E-state index in [0.717, 1.165) is 47.0 Å². The van der Waals surface area contributed by atoms with E-state index in [1.54, 1.807) is 0 Å². The highest BCUT2D eigenvalue weighted by molar-refractivity contribution is 5.94. The summed E-state index contributed by atoms with van der Waals surface area (Å²) in [6.07, 6.45) is 3.28. The molecule has 1 amide bonds. The van der Waals surface area contributed by atoms with Crippen molar-refractivity contribution in [3.05, 3.63) is 46.8 Å². The molecule has 0 bridgehead atoms. The molecule has 3 aromatic heterocycles. The predicted octanol–water partition coefficient (Wildman–Crippen LogP) is 3.95. The molecule has 2 aliphatic rings. The van der Waals surface area contributed by atoms with Crippen LogP contribution in [-0.4, -0.2) is 36.8 Å². The van der Waals surface area contributed by atoms with Crippen LogP contribution in [-0.2, 0) is 13.6 Å². The van der Waals surface area contributed by atoms with Gasteiger partial charge >= 0.3 is 0 Å². The van der Waals surface area contributed by atoms with E-state index in [0.29, 0.717) is 24.1 Å². The maximum atomic E-state index is 13.2. The Morgan fingerprint density at radius 2 is 2.10 bits per heavy atom. The highest BCUT2D eigenvalue weighted by Gasteiger charge is 2.38. The van der Waals surface area contributed by atoms with E-state index in [9.17, 15) is 4.79 Å². The second-order valence-corrected chi connectivity index (χ2v) is 8.62. The number of nitrogens with one attached hydrogen (secondary N) is 1. The number of H-pyrrole nitrogens is 1. The lowest BCUT2D eigenvalue weighted by Crippen LogP contribution is -2.32. The number of furan rings is 1. The first-order chi connectivity index (χ1) is 13.9. The van der Waals surface area contributed by atoms with Crippen LogP contribution in [0.15, 0.2) is 22.6 Å². The van der Waals surface area contributed by atoms with Gasteiger partial charge in [0.1, 0.15) is 17.2 Å². The summed E-state index contributed by atoms with van der Waals surface area (Å²) in [5.41, 5.74) is 4.19. The van der Waals surface area contributed by atoms with Gasteiger partial charge in [0.05, 0.1) is 17.9 Å². The van der Waals surface area contributed by atoms with Crippen molar-refractivity contribution in [3.63, 3.8) is 0 Å². The number of nitrogens with zero attached hydrogens (tertiary/aromatic N) is 4. The van der Waals surface area contributed by atoms with Crippen molar-refractivity contribution in [3.8, 4) is 11.3 Å². The lowest BCUT2D eigenvalue weighted by molar-refractivity contribution is 0.0710. The van der Waals surface area contributed by atoms with Crippen LogP contribution >= 0.6 is 0 Å². The third-order valence-corrected chi connectivity index (χ3v) is 6.31. The molecule has 29 heavy (non-hydrogen) atoms. The second-order valence-electron chi connectivity index (χ2n) is 8.62. The Morgan fingerprint density at radius 1 is 1.34 bits per heavy atom. The zero-order valence-corrected chi connectivity index (χ0v) is 17.4. The number of rotatable bonds is 6. The van der Waals surface area contributed by atoms with Crippen molar-refractivity contribution in [2.45, 2.75) is 58.5 Å². The zero-order chi connectivity index (χ0) is 20.3. The van der Waals surface area contributed by atoms with Crippen LogP contribution in [0.1, 0.15) is 65.5 Å². The summed E-state index contributed by atoms with van der Waals surface area (Å²) in [5.74, 6) is 3.15. The van der Waals surface area contributed by atoms with Gasteiger partial charge in [0.15, 0.2) is 0 Å². The summed E-state index contributed by atoms with van der Waals surface area (Å²) >= 11 is 0. The molecule has 5 rings (SSSR count). The fourth-order valence-corrected chi connectivity index (χ4v) is 4.18. The van der Waals surface area contributed by atoms with Gasteiger partial charge in [0.25, 0.3) is 5.91 Å². The lowest BCUT2D eigenvalue weighted by atomic mass is 10.1. The maximum absolute atomic E-state index is 13.2. The average Bonchev–Trinajstić information content (AvgIpc) is 3.52. The molecule has 3 aromatic rings. The molecule has 2 saturated carbocycles. The Morgan fingerprint density at radius 3 is 2.72 bits per heavy atom. The van der Waals surface area contributed by atoms with E-state index in [1.807, 2.05) is 42.6 Å². The van der Waals surface area contributed by atoms with E-state index in [4.69, 9.17) is 4.42 Å². The van der Waals surface area contributed by atoms with Gasteiger partial charge in [-0.15, -0.1) is 0 Å². The predicted molar refractivity (Wildman–Crippen MR) is 108 cm³/mol. The molecule has 1 N–H and O–H groups in total. The summed E-state index contributed by atoms with van der Waals surface area (Å²) < 4.78 is 7.89. The highest BCUT2D eigenvalue weighted by atomic mass is 16.3. The van der Waals surface area contributed by atoms with Crippen LogP contribution in [0.4, 0.5) is 0 Å². The van der Waals surface area contributed by atoms with Crippen molar-refractivity contribution in [1.82, 2.24) is 24.9 Å². The molecule has 7 heteroatoms. The summed E-state index contributed by atoms with van der Waals surface area (Å²) in [5, 5.41) is 11.8. The Hall–Kier alpha value is -2.83. The molecule has 2 unspecified atom stereocenters. The van der Waals surface area contributed by atoms with Crippen LogP contribution < -0.4 is 0 Å². The minimum atomic E-state index is -0.0248. The largest absolute Gasteiger partial charge is 0.464 e. The van der Waals surface area contributed by atoms with Gasteiger partial charge in [-0.2, -0.15) is 10.2 Å². The molecule has 3 heterocycles. The summed E-state index contributed by atoms with van der Waals surface area (Å²) in [6, 6.07) is 6.21. The smallest absolute Gasteiger partial charge is 0.272 e. The Kier molecular flexibility index (Phi) is 4.15. The quantitative estimate of drug-likeness (QED) is 0.688. The van der Waals surface area contributed by atoms with Crippen molar-refractivity contribution < 1.29 is 9.21 Å². The minimum Gasteiger partial charge on any atom is -0.464 e. The first-order valence-electron chi connectivity index (χ1n) is 10.4. The molecule has 0 spiro atoms. The Balaban J connectivity index is 1.37. The van der Waals surface area contributed by atoms with Crippen LogP contribution in [0.25, 0.3) is 11.3 Å². The SMILES string of the molecule is Cc1nn(C)c(C)c1-c1cc(C(=O)N(Cc2ccc(C3CC3C)o2)C2CC2)[nH]n1. The monoisotopic (exact) mass is 393 g/mol. The zero-order valence-electron chi connectivity index (χ0n) is 17.4. The van der Waals surface area contributed by atoms with E-state index >= 15 is 0 Å². The van der Waals surface area contributed by atoms with Crippen LogP contribution in [0.5, 0.6) is 0 Å². The molecular weight excluding hydrogens is 366 g/mol. The molecule has 0 radical (unpaired) electrons. The molecule has 7 nitrogen and oxygen atoms in total. The van der Waals surface area contributed by atoms with Crippen LogP contribution in [0.2, 0.25) is 0 Å².